The lowest BCUT2D eigenvalue weighted by atomic mass is 10.1. The molecule has 0 fully saturated rings. The van der Waals surface area contributed by atoms with Crippen molar-refractivity contribution in [1.82, 2.24) is 10.2 Å². The summed E-state index contributed by atoms with van der Waals surface area (Å²) in [4.78, 5) is 27.8. The van der Waals surface area contributed by atoms with E-state index in [2.05, 4.69) is 21.2 Å². The summed E-state index contributed by atoms with van der Waals surface area (Å²) < 4.78 is 27.3. The number of anilines is 1. The van der Waals surface area contributed by atoms with Gasteiger partial charge in [0.15, 0.2) is 0 Å². The van der Waals surface area contributed by atoms with Gasteiger partial charge in [-0.15, -0.1) is 0 Å². The number of sulfonamides is 1. The van der Waals surface area contributed by atoms with Crippen molar-refractivity contribution >= 4 is 43.5 Å². The van der Waals surface area contributed by atoms with Gasteiger partial charge in [0.05, 0.1) is 11.9 Å². The second-order valence-electron chi connectivity index (χ2n) is 9.43. The second-order valence-corrected chi connectivity index (χ2v) is 12.3. The summed E-state index contributed by atoms with van der Waals surface area (Å²) in [5.41, 5.74) is 3.43. The van der Waals surface area contributed by atoms with Crippen LogP contribution in [0.1, 0.15) is 56.7 Å². The normalized spacial score (nSPS) is 13.1. The van der Waals surface area contributed by atoms with Gasteiger partial charge in [-0.25, -0.2) is 8.42 Å². The Labute approximate surface area is 224 Å². The summed E-state index contributed by atoms with van der Waals surface area (Å²) in [5, 5.41) is 2.96. The maximum absolute atomic E-state index is 13.4. The minimum absolute atomic E-state index is 0.00359. The molecule has 2 amide bonds. The van der Waals surface area contributed by atoms with Crippen molar-refractivity contribution in [2.24, 2.45) is 0 Å². The highest BCUT2D eigenvalue weighted by atomic mass is 79.9. The molecule has 0 saturated carbocycles. The average molecular weight is 581 g/mol. The molecule has 2 atom stereocenters. The van der Waals surface area contributed by atoms with Crippen LogP contribution in [0.2, 0.25) is 0 Å². The summed E-state index contributed by atoms with van der Waals surface area (Å²) in [5.74, 6) is -0.406. The van der Waals surface area contributed by atoms with E-state index >= 15 is 0 Å². The molecule has 2 aromatic rings. The van der Waals surface area contributed by atoms with E-state index in [4.69, 9.17) is 0 Å². The first-order valence-corrected chi connectivity index (χ1v) is 14.9. The van der Waals surface area contributed by atoms with Crippen LogP contribution in [0.4, 0.5) is 5.69 Å². The molecule has 7 nitrogen and oxygen atoms in total. The van der Waals surface area contributed by atoms with Gasteiger partial charge in [0, 0.05) is 30.0 Å². The molecule has 9 heteroatoms. The van der Waals surface area contributed by atoms with Crippen LogP contribution in [-0.2, 0) is 26.2 Å². The van der Waals surface area contributed by atoms with Crippen LogP contribution in [0.3, 0.4) is 0 Å². The van der Waals surface area contributed by atoms with Crippen LogP contribution >= 0.6 is 15.9 Å². The Hall–Kier alpha value is -2.39. The molecular formula is C27H38BrN3O4S. The van der Waals surface area contributed by atoms with E-state index in [0.717, 1.165) is 27.6 Å². The molecule has 0 unspecified atom stereocenters. The van der Waals surface area contributed by atoms with Crippen molar-refractivity contribution in [2.45, 2.75) is 72.5 Å². The van der Waals surface area contributed by atoms with Crippen LogP contribution in [0, 0.1) is 13.8 Å². The lowest BCUT2D eigenvalue weighted by Crippen LogP contribution is -2.49. The van der Waals surface area contributed by atoms with E-state index in [1.54, 1.807) is 11.8 Å². The molecule has 1 N–H and O–H groups in total. The number of hydrogen-bond donors (Lipinski definition) is 1. The van der Waals surface area contributed by atoms with Crippen molar-refractivity contribution in [2.75, 3.05) is 17.1 Å². The maximum atomic E-state index is 13.4. The number of aryl methyl sites for hydroxylation is 2. The fourth-order valence-corrected chi connectivity index (χ4v) is 5.37. The highest BCUT2D eigenvalue weighted by molar-refractivity contribution is 9.10. The topological polar surface area (TPSA) is 86.8 Å². The van der Waals surface area contributed by atoms with Crippen molar-refractivity contribution in [3.05, 3.63) is 63.6 Å². The van der Waals surface area contributed by atoms with E-state index in [9.17, 15) is 18.0 Å². The van der Waals surface area contributed by atoms with E-state index in [1.807, 2.05) is 70.2 Å². The van der Waals surface area contributed by atoms with E-state index in [-0.39, 0.29) is 37.4 Å². The minimum atomic E-state index is -3.53. The zero-order valence-electron chi connectivity index (χ0n) is 22.0. The molecule has 0 aromatic heterocycles. The number of hydrogen-bond acceptors (Lipinski definition) is 4. The second kappa shape index (κ2) is 13.2. The maximum Gasteiger partial charge on any atom is 0.242 e. The van der Waals surface area contributed by atoms with Crippen LogP contribution in [-0.4, -0.2) is 50.0 Å². The van der Waals surface area contributed by atoms with Gasteiger partial charge >= 0.3 is 0 Å². The molecule has 0 bridgehead atoms. The lowest BCUT2D eigenvalue weighted by molar-refractivity contribution is -0.140. The van der Waals surface area contributed by atoms with E-state index in [1.165, 1.54) is 10.6 Å². The van der Waals surface area contributed by atoms with Gasteiger partial charge in [-0.05, 0) is 81.5 Å². The molecule has 0 aliphatic rings. The Bertz CT molecular complexity index is 1150. The Kier molecular flexibility index (Phi) is 11.0. The first-order chi connectivity index (χ1) is 16.8. The third-order valence-corrected chi connectivity index (χ3v) is 7.74. The molecule has 0 radical (unpaired) electrons. The standard InChI is InChI=1S/C27H38BrN3O4S/c1-7-21(4)29-27(33)22(5)30(18-23-10-8-11-24(28)17-23)26(32)12-9-13-31(36(6,34)35)25-15-19(2)14-20(3)16-25/h8,10-11,14-17,21-22H,7,9,12-13,18H2,1-6H3,(H,29,33)/t21-,22+/m1/s1. The molecule has 0 aliphatic carbocycles. The molecule has 0 saturated heterocycles. The first kappa shape index (κ1) is 29.8. The highest BCUT2D eigenvalue weighted by Gasteiger charge is 2.27. The molecule has 36 heavy (non-hydrogen) atoms. The van der Waals surface area contributed by atoms with Crippen LogP contribution in [0.25, 0.3) is 0 Å². The predicted octanol–water partition coefficient (Wildman–Crippen LogP) is 4.94. The van der Waals surface area contributed by atoms with E-state index < -0.39 is 16.1 Å². The van der Waals surface area contributed by atoms with Gasteiger partial charge in [-0.3, -0.25) is 13.9 Å². The number of amides is 2. The zero-order valence-corrected chi connectivity index (χ0v) is 24.4. The monoisotopic (exact) mass is 579 g/mol. The predicted molar refractivity (Wildman–Crippen MR) is 149 cm³/mol. The Morgan fingerprint density at radius 1 is 1.06 bits per heavy atom. The highest BCUT2D eigenvalue weighted by Crippen LogP contribution is 2.22. The number of carbonyl (C=O) groups is 2. The van der Waals surface area contributed by atoms with Gasteiger partial charge in [-0.1, -0.05) is 41.1 Å². The largest absolute Gasteiger partial charge is 0.352 e. The van der Waals surface area contributed by atoms with Crippen LogP contribution in [0.15, 0.2) is 46.9 Å². The molecular weight excluding hydrogens is 542 g/mol. The average Bonchev–Trinajstić information content (AvgIpc) is 2.78. The smallest absolute Gasteiger partial charge is 0.242 e. The zero-order chi connectivity index (χ0) is 27.0. The minimum Gasteiger partial charge on any atom is -0.352 e. The Balaban J connectivity index is 2.20. The van der Waals surface area contributed by atoms with Crippen LogP contribution in [0.5, 0.6) is 0 Å². The number of nitrogens with zero attached hydrogens (tertiary/aromatic N) is 2. The van der Waals surface area contributed by atoms with Crippen LogP contribution < -0.4 is 9.62 Å². The van der Waals surface area contributed by atoms with Crippen molar-refractivity contribution in [1.29, 1.82) is 0 Å². The van der Waals surface area contributed by atoms with Crippen molar-refractivity contribution in [3.63, 3.8) is 0 Å². The summed E-state index contributed by atoms with van der Waals surface area (Å²) in [7, 11) is -3.53. The number of carbonyl (C=O) groups excluding carboxylic acids is 2. The van der Waals surface area contributed by atoms with Gasteiger partial charge in [0.1, 0.15) is 6.04 Å². The summed E-state index contributed by atoms with van der Waals surface area (Å²) >= 11 is 3.46. The fraction of sp³-hybridized carbons (Fsp3) is 0.481. The molecule has 198 valence electrons. The number of halogens is 1. The van der Waals surface area contributed by atoms with E-state index in [0.29, 0.717) is 12.1 Å². The summed E-state index contributed by atoms with van der Waals surface area (Å²) in [6.45, 7) is 9.94. The fourth-order valence-electron chi connectivity index (χ4n) is 3.98. The third-order valence-electron chi connectivity index (χ3n) is 6.06. The number of nitrogens with one attached hydrogen (secondary N) is 1. The Morgan fingerprint density at radius 3 is 2.25 bits per heavy atom. The quantitative estimate of drug-likeness (QED) is 0.385. The van der Waals surface area contributed by atoms with Gasteiger partial charge in [-0.2, -0.15) is 0 Å². The van der Waals surface area contributed by atoms with Gasteiger partial charge in [0.25, 0.3) is 0 Å². The lowest BCUT2D eigenvalue weighted by Gasteiger charge is -2.30. The third kappa shape index (κ3) is 8.92. The molecule has 2 rings (SSSR count). The molecule has 2 aromatic carbocycles. The molecule has 0 heterocycles. The van der Waals surface area contributed by atoms with Gasteiger partial charge < -0.3 is 10.2 Å². The van der Waals surface area contributed by atoms with Crippen molar-refractivity contribution in [3.8, 4) is 0 Å². The SMILES string of the molecule is CC[C@@H](C)NC(=O)[C@H](C)N(Cc1cccc(Br)c1)C(=O)CCCN(c1cc(C)cc(C)c1)S(C)(=O)=O. The Morgan fingerprint density at radius 2 is 1.69 bits per heavy atom. The number of rotatable bonds is 12. The summed E-state index contributed by atoms with van der Waals surface area (Å²) in [6.07, 6.45) is 2.41. The molecule has 0 aliphatic heterocycles. The van der Waals surface area contributed by atoms with Crippen molar-refractivity contribution < 1.29 is 18.0 Å². The number of benzene rings is 2. The summed E-state index contributed by atoms with van der Waals surface area (Å²) in [6, 6.07) is 12.6. The van der Waals surface area contributed by atoms with Gasteiger partial charge in [0.2, 0.25) is 21.8 Å². The first-order valence-electron chi connectivity index (χ1n) is 12.2. The molecule has 0 spiro atoms.